The normalized spacial score (nSPS) is 13.0. The zero-order valence-electron chi connectivity index (χ0n) is 18.1. The van der Waals surface area contributed by atoms with Crippen molar-refractivity contribution in [3.8, 4) is 5.75 Å². The summed E-state index contributed by atoms with van der Waals surface area (Å²) in [6.07, 6.45) is 0. The van der Waals surface area contributed by atoms with Crippen molar-refractivity contribution < 1.29 is 26.8 Å². The van der Waals surface area contributed by atoms with Crippen LogP contribution in [0, 0.1) is 6.92 Å². The molecular formula is C23H26NO6PS. The maximum atomic E-state index is 13.2. The van der Waals surface area contributed by atoms with E-state index in [4.69, 9.17) is 13.8 Å². The molecular weight excluding hydrogens is 449 g/mol. The first-order valence-corrected chi connectivity index (χ1v) is 12.9. The van der Waals surface area contributed by atoms with E-state index in [9.17, 15) is 13.0 Å². The second-order valence-electron chi connectivity index (χ2n) is 7.09. The summed E-state index contributed by atoms with van der Waals surface area (Å²) in [7, 11) is -5.41. The first-order chi connectivity index (χ1) is 15.3. The van der Waals surface area contributed by atoms with E-state index >= 15 is 0 Å². The summed E-state index contributed by atoms with van der Waals surface area (Å²) >= 11 is 0. The topological polar surface area (TPSA) is 90.9 Å². The second-order valence-corrected chi connectivity index (χ2v) is 11.1. The fourth-order valence-corrected chi connectivity index (χ4v) is 6.12. The van der Waals surface area contributed by atoms with Crippen molar-refractivity contribution >= 4 is 17.6 Å². The van der Waals surface area contributed by atoms with Crippen LogP contribution in [0.3, 0.4) is 0 Å². The monoisotopic (exact) mass is 475 g/mol. The predicted molar refractivity (Wildman–Crippen MR) is 123 cm³/mol. The van der Waals surface area contributed by atoms with Gasteiger partial charge in [0, 0.05) is 14.2 Å². The van der Waals surface area contributed by atoms with Crippen molar-refractivity contribution in [1.82, 2.24) is 4.72 Å². The smallest absolute Gasteiger partial charge is 0.352 e. The minimum Gasteiger partial charge on any atom is -0.489 e. The van der Waals surface area contributed by atoms with Crippen LogP contribution in [0.25, 0.3) is 0 Å². The van der Waals surface area contributed by atoms with Crippen molar-refractivity contribution in [1.29, 1.82) is 0 Å². The number of aryl methyl sites for hydroxylation is 1. The molecule has 0 aromatic heterocycles. The van der Waals surface area contributed by atoms with Gasteiger partial charge in [0.25, 0.3) is 0 Å². The molecule has 32 heavy (non-hydrogen) atoms. The van der Waals surface area contributed by atoms with Gasteiger partial charge in [0.05, 0.1) is 4.90 Å². The van der Waals surface area contributed by atoms with Gasteiger partial charge in [0.15, 0.2) is 0 Å². The fraction of sp³-hybridized carbons (Fsp3) is 0.217. The lowest BCUT2D eigenvalue weighted by atomic mass is 10.2. The maximum Gasteiger partial charge on any atom is 0.352 e. The molecule has 1 unspecified atom stereocenters. The minimum atomic E-state index is -4.00. The Hall–Kier alpha value is -2.48. The molecule has 3 rings (SSSR count). The van der Waals surface area contributed by atoms with E-state index in [1.807, 2.05) is 37.3 Å². The Labute approximate surface area is 188 Å². The van der Waals surface area contributed by atoms with E-state index in [1.54, 1.807) is 36.4 Å². The van der Waals surface area contributed by atoms with Crippen molar-refractivity contribution in [2.24, 2.45) is 0 Å². The van der Waals surface area contributed by atoms with E-state index in [1.165, 1.54) is 26.4 Å². The lowest BCUT2D eigenvalue weighted by Gasteiger charge is -2.25. The van der Waals surface area contributed by atoms with Crippen molar-refractivity contribution in [3.63, 3.8) is 0 Å². The third-order valence-corrected chi connectivity index (χ3v) is 8.56. The number of nitrogens with one attached hydrogen (secondary N) is 1. The molecule has 0 radical (unpaired) electrons. The Morgan fingerprint density at radius 1 is 0.875 bits per heavy atom. The molecule has 0 saturated heterocycles. The zero-order valence-corrected chi connectivity index (χ0v) is 19.8. The molecule has 0 fully saturated rings. The molecule has 170 valence electrons. The predicted octanol–water partition coefficient (Wildman–Crippen LogP) is 5.04. The van der Waals surface area contributed by atoms with Gasteiger partial charge >= 0.3 is 7.60 Å². The Bertz CT molecular complexity index is 1160. The van der Waals surface area contributed by atoms with Gasteiger partial charge in [-0.3, -0.25) is 4.57 Å². The Morgan fingerprint density at radius 2 is 1.47 bits per heavy atom. The van der Waals surface area contributed by atoms with E-state index in [-0.39, 0.29) is 4.90 Å². The highest BCUT2D eigenvalue weighted by Crippen LogP contribution is 2.58. The molecule has 0 spiro atoms. The summed E-state index contributed by atoms with van der Waals surface area (Å²) in [6.45, 7) is 2.25. The molecule has 0 amide bonds. The van der Waals surface area contributed by atoms with Crippen LogP contribution < -0.4 is 9.46 Å². The molecule has 1 N–H and O–H groups in total. The summed E-state index contributed by atoms with van der Waals surface area (Å²) in [5.41, 5.74) is 2.36. The van der Waals surface area contributed by atoms with E-state index in [0.717, 1.165) is 11.1 Å². The first-order valence-electron chi connectivity index (χ1n) is 9.84. The molecule has 0 aliphatic rings. The summed E-state index contributed by atoms with van der Waals surface area (Å²) in [6, 6.07) is 22.7. The molecule has 9 heteroatoms. The van der Waals surface area contributed by atoms with Gasteiger partial charge in [0.2, 0.25) is 10.0 Å². The number of sulfonamides is 1. The van der Waals surface area contributed by atoms with Gasteiger partial charge in [-0.25, -0.2) is 8.42 Å². The molecule has 7 nitrogen and oxygen atoms in total. The number of hydrogen-bond acceptors (Lipinski definition) is 6. The molecule has 0 saturated carbocycles. The van der Waals surface area contributed by atoms with Gasteiger partial charge in [-0.2, -0.15) is 4.72 Å². The summed E-state index contributed by atoms with van der Waals surface area (Å²) in [4.78, 5) is 0.0506. The molecule has 0 aliphatic heterocycles. The van der Waals surface area contributed by atoms with E-state index in [2.05, 4.69) is 4.72 Å². The highest BCUT2D eigenvalue weighted by molar-refractivity contribution is 7.89. The lowest BCUT2D eigenvalue weighted by Crippen LogP contribution is -2.29. The van der Waals surface area contributed by atoms with Crippen LogP contribution in [0.4, 0.5) is 0 Å². The van der Waals surface area contributed by atoms with Crippen LogP contribution in [0.5, 0.6) is 5.75 Å². The average molecular weight is 476 g/mol. The van der Waals surface area contributed by atoms with Gasteiger partial charge in [-0.05, 0) is 42.3 Å². The first kappa shape index (κ1) is 24.2. The molecule has 0 heterocycles. The van der Waals surface area contributed by atoms with Crippen molar-refractivity contribution in [3.05, 3.63) is 95.6 Å². The summed E-state index contributed by atoms with van der Waals surface area (Å²) in [5, 5.41) is 0. The largest absolute Gasteiger partial charge is 0.489 e. The third-order valence-electron chi connectivity index (χ3n) is 4.87. The summed E-state index contributed by atoms with van der Waals surface area (Å²) in [5.74, 6) is -0.658. The number of rotatable bonds is 10. The lowest BCUT2D eigenvalue weighted by molar-refractivity contribution is 0.263. The number of benzene rings is 3. The molecule has 3 aromatic rings. The van der Waals surface area contributed by atoms with E-state index < -0.39 is 23.4 Å². The van der Waals surface area contributed by atoms with Crippen LogP contribution in [-0.2, 0) is 30.2 Å². The highest BCUT2D eigenvalue weighted by atomic mass is 32.2. The number of ether oxygens (including phenoxy) is 1. The highest BCUT2D eigenvalue weighted by Gasteiger charge is 2.39. The molecule has 0 bridgehead atoms. The van der Waals surface area contributed by atoms with Gasteiger partial charge < -0.3 is 13.8 Å². The SMILES string of the molecule is COP(=O)(OC)C(NS(=O)(=O)c1ccc(C)cc1)c1ccc(OCc2ccccc2)cc1. The minimum absolute atomic E-state index is 0.0506. The Kier molecular flexibility index (Phi) is 7.87. The Morgan fingerprint density at radius 3 is 2.03 bits per heavy atom. The average Bonchev–Trinajstić information content (AvgIpc) is 2.82. The fourth-order valence-electron chi connectivity index (χ4n) is 3.02. The van der Waals surface area contributed by atoms with Crippen molar-refractivity contribution in [2.45, 2.75) is 24.2 Å². The van der Waals surface area contributed by atoms with Gasteiger partial charge in [-0.15, -0.1) is 0 Å². The third kappa shape index (κ3) is 5.85. The van der Waals surface area contributed by atoms with Crippen LogP contribution in [-0.4, -0.2) is 22.6 Å². The van der Waals surface area contributed by atoms with Gasteiger partial charge in [0.1, 0.15) is 18.1 Å². The summed E-state index contributed by atoms with van der Waals surface area (Å²) < 4.78 is 57.6. The van der Waals surface area contributed by atoms with Gasteiger partial charge in [-0.1, -0.05) is 60.2 Å². The molecule has 0 aliphatic carbocycles. The van der Waals surface area contributed by atoms with Crippen LogP contribution in [0.2, 0.25) is 0 Å². The molecule has 3 aromatic carbocycles. The Balaban J connectivity index is 1.85. The van der Waals surface area contributed by atoms with Crippen LogP contribution in [0.15, 0.2) is 83.8 Å². The standard InChI is InChI=1S/C23H26NO6PS/c1-18-9-15-22(16-10-18)32(26,27)24-23(31(25,28-2)29-3)20-11-13-21(14-12-20)30-17-19-7-5-4-6-8-19/h4-16,23-24H,17H2,1-3H3. The van der Waals surface area contributed by atoms with Crippen LogP contribution in [0.1, 0.15) is 22.5 Å². The number of hydrogen-bond donors (Lipinski definition) is 1. The van der Waals surface area contributed by atoms with Crippen LogP contribution >= 0.6 is 7.60 Å². The zero-order chi connectivity index (χ0) is 23.2. The second kappa shape index (κ2) is 10.4. The quantitative estimate of drug-likeness (QED) is 0.413. The van der Waals surface area contributed by atoms with Crippen molar-refractivity contribution in [2.75, 3.05) is 14.2 Å². The maximum absolute atomic E-state index is 13.2. The molecule has 1 atom stereocenters. The van der Waals surface area contributed by atoms with E-state index in [0.29, 0.717) is 17.9 Å².